The number of hydrogen-bond donors (Lipinski definition) is 2. The van der Waals surface area contributed by atoms with Crippen LogP contribution in [0.2, 0.25) is 0 Å². The van der Waals surface area contributed by atoms with E-state index < -0.39 is 5.97 Å². The van der Waals surface area contributed by atoms with E-state index in [1.165, 1.54) is 11.1 Å². The van der Waals surface area contributed by atoms with E-state index in [0.717, 1.165) is 56.9 Å². The molecule has 1 aliphatic carbocycles. The van der Waals surface area contributed by atoms with Crippen molar-refractivity contribution in [1.29, 1.82) is 0 Å². The van der Waals surface area contributed by atoms with Crippen molar-refractivity contribution in [2.45, 2.75) is 105 Å². The maximum Gasteiger partial charge on any atom is 0.342 e. The first-order chi connectivity index (χ1) is 17.6. The van der Waals surface area contributed by atoms with Crippen LogP contribution in [0.5, 0.6) is 11.5 Å². The molecule has 1 unspecified atom stereocenters. The van der Waals surface area contributed by atoms with Crippen molar-refractivity contribution in [3.8, 4) is 11.5 Å². The van der Waals surface area contributed by atoms with Crippen LogP contribution in [0.25, 0.3) is 0 Å². The number of allylic oxidation sites excluding steroid dienone is 6. The minimum absolute atomic E-state index is 0.0335. The number of hydrogen-bond acceptors (Lipinski definition) is 4. The van der Waals surface area contributed by atoms with Crippen molar-refractivity contribution < 1.29 is 19.7 Å². The Morgan fingerprint density at radius 2 is 1.92 bits per heavy atom. The molecule has 204 valence electrons. The molecule has 0 saturated heterocycles. The normalized spacial score (nSPS) is 19.8. The molecule has 0 bridgehead atoms. The smallest absolute Gasteiger partial charge is 0.342 e. The second kappa shape index (κ2) is 14.3. The Bertz CT molecular complexity index is 1040. The summed E-state index contributed by atoms with van der Waals surface area (Å²) in [6, 6.07) is 1.67. The fourth-order valence-corrected chi connectivity index (χ4v) is 5.30. The van der Waals surface area contributed by atoms with Crippen LogP contribution in [0.4, 0.5) is 0 Å². The standard InChI is InChI=1S/C33H48O4/c1-8-11-12-16-26-22-28(34)30(27-21-25(7)17-19-33(27,9-2)10-3)31(35)29(26)32(36)37-20-18-24(6)15-13-14-23(4)5/h9,14,18,21-22,27,34-35H,2,8,10-13,15-17,19-20H2,1,3-7H3/b24-18+/t27-,33?/m0/s1. The highest BCUT2D eigenvalue weighted by molar-refractivity contribution is 5.95. The molecule has 2 N–H and O–H groups in total. The summed E-state index contributed by atoms with van der Waals surface area (Å²) in [4.78, 5) is 13.4. The van der Waals surface area contributed by atoms with E-state index in [-0.39, 0.29) is 35.0 Å². The molecule has 4 heteroatoms. The van der Waals surface area contributed by atoms with Gasteiger partial charge in [-0.25, -0.2) is 4.79 Å². The summed E-state index contributed by atoms with van der Waals surface area (Å²) in [7, 11) is 0. The number of rotatable bonds is 13. The van der Waals surface area contributed by atoms with E-state index in [1.807, 2.05) is 19.1 Å². The molecule has 2 rings (SSSR count). The Morgan fingerprint density at radius 3 is 2.54 bits per heavy atom. The third-order valence-electron chi connectivity index (χ3n) is 7.82. The van der Waals surface area contributed by atoms with Gasteiger partial charge >= 0.3 is 5.97 Å². The van der Waals surface area contributed by atoms with E-state index in [4.69, 9.17) is 4.74 Å². The second-order valence-corrected chi connectivity index (χ2v) is 10.9. The van der Waals surface area contributed by atoms with Crippen LogP contribution in [-0.2, 0) is 11.2 Å². The number of unbranched alkanes of at least 4 members (excludes halogenated alkanes) is 2. The Kier molecular flexibility index (Phi) is 11.7. The fourth-order valence-electron chi connectivity index (χ4n) is 5.30. The predicted molar refractivity (Wildman–Crippen MR) is 154 cm³/mol. The van der Waals surface area contributed by atoms with Gasteiger partial charge in [-0.05, 0) is 95.8 Å². The van der Waals surface area contributed by atoms with Gasteiger partial charge in [0.05, 0.1) is 0 Å². The first kappa shape index (κ1) is 30.5. The Hall–Kier alpha value is -2.75. The highest BCUT2D eigenvalue weighted by Crippen LogP contribution is 2.54. The molecule has 37 heavy (non-hydrogen) atoms. The van der Waals surface area contributed by atoms with Crippen LogP contribution in [0.1, 0.15) is 120 Å². The van der Waals surface area contributed by atoms with Crippen molar-refractivity contribution in [2.75, 3.05) is 6.61 Å². The molecule has 0 heterocycles. The summed E-state index contributed by atoms with van der Waals surface area (Å²) >= 11 is 0. The molecule has 0 saturated carbocycles. The van der Waals surface area contributed by atoms with Crippen molar-refractivity contribution in [2.24, 2.45) is 5.41 Å². The van der Waals surface area contributed by atoms with Crippen molar-refractivity contribution >= 4 is 5.97 Å². The van der Waals surface area contributed by atoms with Gasteiger partial charge < -0.3 is 14.9 Å². The summed E-state index contributed by atoms with van der Waals surface area (Å²) in [5.41, 5.74) is 4.58. The predicted octanol–water partition coefficient (Wildman–Crippen LogP) is 9.09. The van der Waals surface area contributed by atoms with E-state index in [9.17, 15) is 15.0 Å². The van der Waals surface area contributed by atoms with Crippen LogP contribution >= 0.6 is 0 Å². The number of phenolic OH excluding ortho intramolecular Hbond substituents is 2. The highest BCUT2D eigenvalue weighted by Gasteiger charge is 2.40. The van der Waals surface area contributed by atoms with Gasteiger partial charge in [0.2, 0.25) is 0 Å². The van der Waals surface area contributed by atoms with Gasteiger partial charge in [0.15, 0.2) is 0 Å². The number of carbonyl (C=O) groups excluding carboxylic acids is 1. The van der Waals surface area contributed by atoms with Gasteiger partial charge in [0.25, 0.3) is 0 Å². The third-order valence-corrected chi connectivity index (χ3v) is 7.82. The molecule has 1 aromatic carbocycles. The Labute approximate surface area is 224 Å². The minimum Gasteiger partial charge on any atom is -0.507 e. The van der Waals surface area contributed by atoms with Crippen molar-refractivity contribution in [1.82, 2.24) is 0 Å². The lowest BCUT2D eigenvalue weighted by molar-refractivity contribution is 0.0543. The molecular formula is C33H48O4. The molecular weight excluding hydrogens is 460 g/mol. The van der Waals surface area contributed by atoms with E-state index in [0.29, 0.717) is 17.5 Å². The number of carbonyl (C=O) groups is 1. The molecule has 0 amide bonds. The number of aryl methyl sites for hydroxylation is 1. The molecule has 2 atom stereocenters. The van der Waals surface area contributed by atoms with Crippen LogP contribution in [-0.4, -0.2) is 22.8 Å². The van der Waals surface area contributed by atoms with Gasteiger partial charge in [0, 0.05) is 11.5 Å². The summed E-state index contributed by atoms with van der Waals surface area (Å²) in [6.45, 7) is 16.8. The minimum atomic E-state index is -0.546. The summed E-state index contributed by atoms with van der Waals surface area (Å²) in [6.07, 6.45) is 16.2. The third kappa shape index (κ3) is 7.87. The van der Waals surface area contributed by atoms with Gasteiger partial charge in [-0.2, -0.15) is 0 Å². The van der Waals surface area contributed by atoms with Crippen LogP contribution in [0.3, 0.4) is 0 Å². The molecule has 0 fully saturated rings. The molecule has 1 aliphatic rings. The highest BCUT2D eigenvalue weighted by atomic mass is 16.5. The van der Waals surface area contributed by atoms with Crippen molar-refractivity contribution in [3.63, 3.8) is 0 Å². The number of phenols is 2. The van der Waals surface area contributed by atoms with Crippen LogP contribution in [0, 0.1) is 5.41 Å². The lowest BCUT2D eigenvalue weighted by Gasteiger charge is -2.41. The second-order valence-electron chi connectivity index (χ2n) is 10.9. The Morgan fingerprint density at radius 1 is 1.19 bits per heavy atom. The molecule has 0 radical (unpaired) electrons. The SMILES string of the molecule is C=CC1(CC)CCC(C)=C[C@H]1c1c(O)cc(CCCCC)c(C(=O)OC/C=C(\C)CCC=C(C)C)c1O. The zero-order valence-electron chi connectivity index (χ0n) is 24.0. The van der Waals surface area contributed by atoms with E-state index in [2.05, 4.69) is 53.3 Å². The molecule has 1 aromatic rings. The largest absolute Gasteiger partial charge is 0.507 e. The van der Waals surface area contributed by atoms with Crippen LogP contribution < -0.4 is 0 Å². The summed E-state index contributed by atoms with van der Waals surface area (Å²) in [5, 5.41) is 22.7. The van der Waals surface area contributed by atoms with E-state index in [1.54, 1.807) is 6.07 Å². The van der Waals surface area contributed by atoms with Gasteiger partial charge in [-0.3, -0.25) is 0 Å². The lowest BCUT2D eigenvalue weighted by atomic mass is 9.63. The zero-order valence-corrected chi connectivity index (χ0v) is 24.0. The van der Waals surface area contributed by atoms with Crippen LogP contribution in [0.15, 0.2) is 53.7 Å². The maximum atomic E-state index is 13.4. The first-order valence-electron chi connectivity index (χ1n) is 13.9. The number of aromatic hydroxyl groups is 2. The quantitative estimate of drug-likeness (QED) is 0.158. The average molecular weight is 509 g/mol. The number of esters is 1. The molecule has 0 aromatic heterocycles. The fraction of sp³-hybridized carbons (Fsp3) is 0.545. The summed E-state index contributed by atoms with van der Waals surface area (Å²) in [5.74, 6) is -0.935. The topological polar surface area (TPSA) is 66.8 Å². The molecule has 0 spiro atoms. The zero-order chi connectivity index (χ0) is 27.6. The average Bonchev–Trinajstić information content (AvgIpc) is 2.84. The molecule has 0 aliphatic heterocycles. The number of benzene rings is 1. The van der Waals surface area contributed by atoms with Crippen molar-refractivity contribution in [3.05, 3.63) is 70.4 Å². The number of ether oxygens (including phenoxy) is 1. The molecule has 4 nitrogen and oxygen atoms in total. The maximum absolute atomic E-state index is 13.4. The first-order valence-corrected chi connectivity index (χ1v) is 13.9. The van der Waals surface area contributed by atoms with Gasteiger partial charge in [0.1, 0.15) is 23.7 Å². The summed E-state index contributed by atoms with van der Waals surface area (Å²) < 4.78 is 5.65. The monoisotopic (exact) mass is 508 g/mol. The van der Waals surface area contributed by atoms with Gasteiger partial charge in [-0.15, -0.1) is 6.58 Å². The Balaban J connectivity index is 2.46. The van der Waals surface area contributed by atoms with Gasteiger partial charge in [-0.1, -0.05) is 61.6 Å². The van der Waals surface area contributed by atoms with E-state index >= 15 is 0 Å². The lowest BCUT2D eigenvalue weighted by Crippen LogP contribution is -2.29.